The van der Waals surface area contributed by atoms with Crippen molar-refractivity contribution in [3.8, 4) is 0 Å². The Bertz CT molecular complexity index is 1160. The highest BCUT2D eigenvalue weighted by Crippen LogP contribution is 2.56. The monoisotopic (exact) mass is 547 g/mol. The number of hydrogen-bond acceptors (Lipinski definition) is 0. The standard InChI is InChI=1S/C19H3F15P/c1-35(17-11(29)5(23)2(20)6(24)12(17)30,18-13(31)7(25)3(21)8(26)14(18)32)19-15(33)9(27)4(22)10(28)16(19)34/h1H3/q+1. The SMILES string of the molecule is C[P+](c1c(F)c(F)c(F)c(F)c1F)(c1c(F)c(F)c(F)c(F)c1F)c1c(F)c(F)c(F)c(F)c1F. The van der Waals surface area contributed by atoms with Gasteiger partial charge in [-0.3, -0.25) is 0 Å². The van der Waals surface area contributed by atoms with Gasteiger partial charge in [-0.15, -0.1) is 0 Å². The molecule has 0 spiro atoms. The van der Waals surface area contributed by atoms with Crippen LogP contribution in [0.1, 0.15) is 0 Å². The lowest BCUT2D eigenvalue weighted by Gasteiger charge is -2.26. The van der Waals surface area contributed by atoms with Gasteiger partial charge in [0.15, 0.2) is 15.9 Å². The van der Waals surface area contributed by atoms with Gasteiger partial charge in [-0.2, -0.15) is 26.3 Å². The van der Waals surface area contributed by atoms with Crippen LogP contribution >= 0.6 is 7.26 Å². The molecular weight excluding hydrogens is 544 g/mol. The fourth-order valence-corrected chi connectivity index (χ4v) is 6.91. The first-order valence-corrected chi connectivity index (χ1v) is 10.7. The molecule has 0 fully saturated rings. The number of rotatable bonds is 3. The van der Waals surface area contributed by atoms with E-state index in [-0.39, 0.29) is 6.66 Å². The van der Waals surface area contributed by atoms with Crippen molar-refractivity contribution in [2.45, 2.75) is 0 Å². The molecule has 0 radical (unpaired) electrons. The molecule has 0 bridgehead atoms. The van der Waals surface area contributed by atoms with Crippen molar-refractivity contribution in [1.82, 2.24) is 0 Å². The second-order valence-electron chi connectivity index (χ2n) is 6.76. The molecule has 3 aromatic carbocycles. The highest BCUT2D eigenvalue weighted by molar-refractivity contribution is 7.95. The molecule has 0 saturated carbocycles. The molecule has 0 aliphatic heterocycles. The average molecular weight is 547 g/mol. The zero-order valence-corrected chi connectivity index (χ0v) is 17.0. The Balaban J connectivity index is 2.78. The van der Waals surface area contributed by atoms with E-state index in [2.05, 4.69) is 0 Å². The van der Waals surface area contributed by atoms with Crippen molar-refractivity contribution in [2.24, 2.45) is 0 Å². The lowest BCUT2D eigenvalue weighted by Crippen LogP contribution is -2.43. The summed E-state index contributed by atoms with van der Waals surface area (Å²) in [5, 5.41) is -7.75. The summed E-state index contributed by atoms with van der Waals surface area (Å²) in [5.74, 6) is -44.8. The molecule has 0 aliphatic carbocycles. The fraction of sp³-hybridized carbons (Fsp3) is 0.0526. The molecule has 0 atom stereocenters. The highest BCUT2D eigenvalue weighted by atomic mass is 31.2. The minimum Gasteiger partial charge on any atom is -0.200 e. The first-order chi connectivity index (χ1) is 16.0. The van der Waals surface area contributed by atoms with Crippen LogP contribution in [0.15, 0.2) is 0 Å². The molecule has 0 N–H and O–H groups in total. The van der Waals surface area contributed by atoms with Crippen LogP contribution in [-0.4, -0.2) is 6.66 Å². The number of benzene rings is 3. The van der Waals surface area contributed by atoms with E-state index in [1.807, 2.05) is 0 Å². The van der Waals surface area contributed by atoms with E-state index in [0.29, 0.717) is 0 Å². The zero-order valence-electron chi connectivity index (χ0n) is 16.1. The molecule has 0 aromatic heterocycles. The molecule has 35 heavy (non-hydrogen) atoms. The van der Waals surface area contributed by atoms with Gasteiger partial charge in [-0.05, 0) is 0 Å². The lowest BCUT2D eigenvalue weighted by molar-refractivity contribution is 0.381. The molecule has 3 rings (SSSR count). The van der Waals surface area contributed by atoms with Gasteiger partial charge >= 0.3 is 0 Å². The van der Waals surface area contributed by atoms with Crippen LogP contribution in [0.5, 0.6) is 0 Å². The molecule has 0 unspecified atom stereocenters. The Morgan fingerprint density at radius 2 is 0.371 bits per heavy atom. The van der Waals surface area contributed by atoms with E-state index < -0.39 is 110 Å². The van der Waals surface area contributed by atoms with Crippen LogP contribution < -0.4 is 15.9 Å². The molecular formula is C19H3F15P+. The normalized spacial score (nSPS) is 12.0. The molecule has 3 aromatic rings. The van der Waals surface area contributed by atoms with Crippen LogP contribution in [0.25, 0.3) is 0 Å². The van der Waals surface area contributed by atoms with Crippen LogP contribution in [0.2, 0.25) is 0 Å². The van der Waals surface area contributed by atoms with Crippen LogP contribution in [0.4, 0.5) is 65.9 Å². The van der Waals surface area contributed by atoms with Crippen molar-refractivity contribution in [1.29, 1.82) is 0 Å². The van der Waals surface area contributed by atoms with Crippen molar-refractivity contribution in [2.75, 3.05) is 6.66 Å². The first-order valence-electron chi connectivity index (χ1n) is 8.45. The summed E-state index contributed by atoms with van der Waals surface area (Å²) in [7, 11) is -6.16. The fourth-order valence-electron chi connectivity index (χ4n) is 3.29. The Kier molecular flexibility index (Phi) is 6.55. The summed E-state index contributed by atoms with van der Waals surface area (Å²) in [6, 6.07) is 0. The molecule has 0 aliphatic rings. The van der Waals surface area contributed by atoms with Gasteiger partial charge in [0.05, 0.1) is 6.66 Å². The summed E-state index contributed by atoms with van der Waals surface area (Å²) in [4.78, 5) is 0. The van der Waals surface area contributed by atoms with Crippen LogP contribution in [0.3, 0.4) is 0 Å². The first kappa shape index (κ1) is 26.6. The van der Waals surface area contributed by atoms with Gasteiger partial charge in [0.1, 0.15) is 7.26 Å². The Hall–Kier alpha value is -2.96. The van der Waals surface area contributed by atoms with E-state index in [9.17, 15) is 65.9 Å². The molecule has 0 heterocycles. The maximum absolute atomic E-state index is 14.7. The van der Waals surface area contributed by atoms with Gasteiger partial charge in [-0.25, -0.2) is 39.5 Å². The minimum atomic E-state index is -6.16. The van der Waals surface area contributed by atoms with E-state index in [1.165, 1.54) is 0 Å². The highest BCUT2D eigenvalue weighted by Gasteiger charge is 2.58. The summed E-state index contributed by atoms with van der Waals surface area (Å²) < 4.78 is 212. The summed E-state index contributed by atoms with van der Waals surface area (Å²) in [6.45, 7) is -0.165. The maximum Gasteiger partial charge on any atom is 0.207 e. The Morgan fingerprint density at radius 1 is 0.257 bits per heavy atom. The van der Waals surface area contributed by atoms with E-state index in [4.69, 9.17) is 0 Å². The average Bonchev–Trinajstić information content (AvgIpc) is 2.81. The van der Waals surface area contributed by atoms with E-state index in [0.717, 1.165) is 0 Å². The van der Waals surface area contributed by atoms with Gasteiger partial charge in [-0.1, -0.05) is 0 Å². The second kappa shape index (κ2) is 8.61. The predicted octanol–water partition coefficient (Wildman–Crippen LogP) is 5.70. The van der Waals surface area contributed by atoms with Crippen molar-refractivity contribution >= 4 is 23.2 Å². The zero-order chi connectivity index (χ0) is 26.9. The topological polar surface area (TPSA) is 0 Å². The van der Waals surface area contributed by atoms with Crippen LogP contribution in [0, 0.1) is 87.3 Å². The molecule has 188 valence electrons. The van der Waals surface area contributed by atoms with Crippen LogP contribution in [-0.2, 0) is 0 Å². The maximum atomic E-state index is 14.7. The van der Waals surface area contributed by atoms with E-state index in [1.54, 1.807) is 0 Å². The largest absolute Gasteiger partial charge is 0.207 e. The van der Waals surface area contributed by atoms with Gasteiger partial charge < -0.3 is 0 Å². The van der Waals surface area contributed by atoms with E-state index >= 15 is 0 Å². The van der Waals surface area contributed by atoms with Crippen molar-refractivity contribution in [3.63, 3.8) is 0 Å². The van der Waals surface area contributed by atoms with Gasteiger partial charge in [0.2, 0.25) is 87.3 Å². The molecule has 0 nitrogen and oxygen atoms in total. The summed E-state index contributed by atoms with van der Waals surface area (Å²) in [6.07, 6.45) is 0. The lowest BCUT2D eigenvalue weighted by atomic mass is 10.3. The third-order valence-corrected chi connectivity index (χ3v) is 8.76. The smallest absolute Gasteiger partial charge is 0.200 e. The third kappa shape index (κ3) is 3.46. The predicted molar refractivity (Wildman–Crippen MR) is 90.4 cm³/mol. The quantitative estimate of drug-likeness (QED) is 0.171. The molecule has 16 heteroatoms. The number of halogens is 15. The Labute approximate surface area is 183 Å². The summed E-state index contributed by atoms with van der Waals surface area (Å²) >= 11 is 0. The summed E-state index contributed by atoms with van der Waals surface area (Å²) in [5.41, 5.74) is 0. The molecule has 0 amide bonds. The van der Waals surface area contributed by atoms with Crippen molar-refractivity contribution < 1.29 is 65.9 Å². The second-order valence-corrected chi connectivity index (χ2v) is 10.1. The van der Waals surface area contributed by atoms with Gasteiger partial charge in [0.25, 0.3) is 0 Å². The third-order valence-electron chi connectivity index (χ3n) is 4.90. The van der Waals surface area contributed by atoms with Gasteiger partial charge in [0, 0.05) is 0 Å². The minimum absolute atomic E-state index is 0.165. The van der Waals surface area contributed by atoms with Crippen molar-refractivity contribution in [3.05, 3.63) is 87.3 Å². The number of hydrogen-bond donors (Lipinski definition) is 0. The Morgan fingerprint density at radius 3 is 0.514 bits per heavy atom. The molecule has 0 saturated heterocycles.